The summed E-state index contributed by atoms with van der Waals surface area (Å²) in [4.78, 5) is 15.4. The second-order valence-corrected chi connectivity index (χ2v) is 9.97. The van der Waals surface area contributed by atoms with Crippen molar-refractivity contribution < 1.29 is 19.0 Å². The number of ether oxygens (including phenoxy) is 3. The molecule has 1 N–H and O–H groups in total. The van der Waals surface area contributed by atoms with E-state index in [2.05, 4.69) is 34.5 Å². The molecule has 1 aromatic rings. The highest BCUT2D eigenvalue weighted by Gasteiger charge is 2.36. The molecule has 3 fully saturated rings. The first-order valence-corrected chi connectivity index (χ1v) is 12.7. The fourth-order valence-corrected chi connectivity index (χ4v) is 6.04. The second-order valence-electron chi connectivity index (χ2n) is 9.97. The van der Waals surface area contributed by atoms with Gasteiger partial charge in [-0.3, -0.25) is 9.69 Å². The van der Waals surface area contributed by atoms with Crippen LogP contribution in [0.5, 0.6) is 5.75 Å². The maximum absolute atomic E-state index is 13.0. The number of benzene rings is 1. The third-order valence-electron chi connectivity index (χ3n) is 7.92. The zero-order valence-corrected chi connectivity index (χ0v) is 19.2. The third kappa shape index (κ3) is 5.13. The third-order valence-corrected chi connectivity index (χ3v) is 7.92. The van der Waals surface area contributed by atoms with Crippen molar-refractivity contribution in [3.8, 4) is 5.75 Å². The first kappa shape index (κ1) is 22.2. The SMILES string of the molecule is O=C(N[C@H]1CCCN2CCOc3ccccc3C3CCC(CC3)OC[C@@H]12)[C@@H]1CCCOC1. The average molecular weight is 443 g/mol. The second kappa shape index (κ2) is 10.5. The number of hydrogen-bond acceptors (Lipinski definition) is 5. The average Bonchev–Trinajstić information content (AvgIpc) is 2.86. The van der Waals surface area contributed by atoms with Gasteiger partial charge in [-0.2, -0.15) is 0 Å². The van der Waals surface area contributed by atoms with Crippen LogP contribution in [0.4, 0.5) is 0 Å². The molecule has 4 heterocycles. The molecule has 32 heavy (non-hydrogen) atoms. The van der Waals surface area contributed by atoms with Crippen LogP contribution in [0, 0.1) is 5.92 Å². The molecule has 0 spiro atoms. The number of nitrogens with one attached hydrogen (secondary N) is 1. The highest BCUT2D eigenvalue weighted by Crippen LogP contribution is 2.38. The van der Waals surface area contributed by atoms with Gasteiger partial charge in [0.15, 0.2) is 0 Å². The van der Waals surface area contributed by atoms with Gasteiger partial charge in [0.05, 0.1) is 31.3 Å². The van der Waals surface area contributed by atoms with Gasteiger partial charge in [-0.05, 0) is 75.5 Å². The van der Waals surface area contributed by atoms with Crippen LogP contribution in [-0.2, 0) is 14.3 Å². The topological polar surface area (TPSA) is 60.0 Å². The molecule has 1 amide bonds. The number of fused-ring (bicyclic) bond motifs is 5. The predicted octanol–water partition coefficient (Wildman–Crippen LogP) is 3.50. The zero-order chi connectivity index (χ0) is 21.8. The summed E-state index contributed by atoms with van der Waals surface area (Å²) in [5, 5.41) is 3.39. The highest BCUT2D eigenvalue weighted by atomic mass is 16.5. The molecular weight excluding hydrogens is 404 g/mol. The van der Waals surface area contributed by atoms with Crippen molar-refractivity contribution in [2.45, 2.75) is 75.5 Å². The molecule has 2 saturated heterocycles. The van der Waals surface area contributed by atoms with Crippen molar-refractivity contribution >= 4 is 5.91 Å². The van der Waals surface area contributed by atoms with E-state index >= 15 is 0 Å². The molecule has 6 rings (SSSR count). The lowest BCUT2D eigenvalue weighted by Crippen LogP contribution is -2.59. The summed E-state index contributed by atoms with van der Waals surface area (Å²) < 4.78 is 18.4. The van der Waals surface area contributed by atoms with E-state index in [-0.39, 0.29) is 23.9 Å². The zero-order valence-electron chi connectivity index (χ0n) is 19.2. The molecule has 0 aromatic heterocycles. The normalized spacial score (nSPS) is 34.1. The molecule has 1 saturated carbocycles. The summed E-state index contributed by atoms with van der Waals surface area (Å²) in [6.07, 6.45) is 8.84. The number of para-hydroxylation sites is 1. The molecule has 6 nitrogen and oxygen atoms in total. The number of amides is 1. The van der Waals surface area contributed by atoms with Crippen molar-refractivity contribution in [3.05, 3.63) is 29.8 Å². The van der Waals surface area contributed by atoms with Gasteiger partial charge in [0.2, 0.25) is 5.91 Å². The minimum atomic E-state index is -0.00934. The fourth-order valence-electron chi connectivity index (χ4n) is 6.04. The molecule has 176 valence electrons. The maximum atomic E-state index is 13.0. The summed E-state index contributed by atoms with van der Waals surface area (Å²) >= 11 is 0. The summed E-state index contributed by atoms with van der Waals surface area (Å²) in [6.45, 7) is 4.58. The summed E-state index contributed by atoms with van der Waals surface area (Å²) in [6, 6.07) is 8.91. The van der Waals surface area contributed by atoms with E-state index in [1.165, 1.54) is 5.56 Å². The van der Waals surface area contributed by atoms with Crippen LogP contribution in [0.15, 0.2) is 24.3 Å². The summed E-state index contributed by atoms with van der Waals surface area (Å²) in [5.41, 5.74) is 1.36. The Morgan fingerprint density at radius 2 is 1.81 bits per heavy atom. The van der Waals surface area contributed by atoms with Gasteiger partial charge in [-0.25, -0.2) is 0 Å². The van der Waals surface area contributed by atoms with Crippen molar-refractivity contribution in [2.24, 2.45) is 5.92 Å². The fraction of sp³-hybridized carbons (Fsp3) is 0.731. The van der Waals surface area contributed by atoms with Gasteiger partial charge in [-0.15, -0.1) is 0 Å². The van der Waals surface area contributed by atoms with E-state index in [0.717, 1.165) is 76.8 Å². The molecule has 0 unspecified atom stereocenters. The standard InChI is InChI=1S/C26H38N2O4/c29-26(20-5-4-15-30-17-20)27-23-7-3-13-28-14-16-31-25-8-2-1-6-22(25)19-9-11-21(12-10-19)32-18-24(23)28/h1-2,6,8,19-21,23-24H,3-5,7,9-18H2,(H,27,29)/t19?,20-,21?,23+,24+/m1/s1. The minimum absolute atomic E-state index is 0.00934. The Morgan fingerprint density at radius 1 is 0.938 bits per heavy atom. The number of piperidine rings is 1. The Bertz CT molecular complexity index is 758. The van der Waals surface area contributed by atoms with Gasteiger partial charge in [-0.1, -0.05) is 18.2 Å². The van der Waals surface area contributed by atoms with Crippen LogP contribution < -0.4 is 10.1 Å². The number of nitrogens with zero attached hydrogens (tertiary/aromatic N) is 1. The van der Waals surface area contributed by atoms with Gasteiger partial charge < -0.3 is 19.5 Å². The van der Waals surface area contributed by atoms with Crippen molar-refractivity contribution in [3.63, 3.8) is 0 Å². The number of carbonyl (C=O) groups excluding carboxylic acids is 1. The Morgan fingerprint density at radius 3 is 2.66 bits per heavy atom. The van der Waals surface area contributed by atoms with Crippen LogP contribution in [0.1, 0.15) is 62.8 Å². The van der Waals surface area contributed by atoms with Crippen molar-refractivity contribution in [1.82, 2.24) is 10.2 Å². The molecule has 2 bridgehead atoms. The quantitative estimate of drug-likeness (QED) is 0.760. The van der Waals surface area contributed by atoms with E-state index in [1.54, 1.807) is 0 Å². The maximum Gasteiger partial charge on any atom is 0.225 e. The van der Waals surface area contributed by atoms with Crippen LogP contribution in [-0.4, -0.2) is 68.5 Å². The summed E-state index contributed by atoms with van der Waals surface area (Å²) in [7, 11) is 0. The number of hydrogen-bond donors (Lipinski definition) is 1. The molecule has 6 heteroatoms. The predicted molar refractivity (Wildman–Crippen MR) is 123 cm³/mol. The molecule has 4 aliphatic heterocycles. The Hall–Kier alpha value is -1.63. The van der Waals surface area contributed by atoms with Gasteiger partial charge >= 0.3 is 0 Å². The van der Waals surface area contributed by atoms with Crippen LogP contribution in [0.2, 0.25) is 0 Å². The van der Waals surface area contributed by atoms with Crippen LogP contribution >= 0.6 is 0 Å². The molecule has 0 radical (unpaired) electrons. The van der Waals surface area contributed by atoms with E-state index in [1.807, 2.05) is 0 Å². The number of rotatable bonds is 2. The van der Waals surface area contributed by atoms with Gasteiger partial charge in [0.1, 0.15) is 12.4 Å². The van der Waals surface area contributed by atoms with E-state index in [9.17, 15) is 4.79 Å². The van der Waals surface area contributed by atoms with E-state index in [0.29, 0.717) is 31.8 Å². The molecule has 3 atom stereocenters. The lowest BCUT2D eigenvalue weighted by atomic mass is 9.82. The highest BCUT2D eigenvalue weighted by molar-refractivity contribution is 5.79. The monoisotopic (exact) mass is 442 g/mol. The van der Waals surface area contributed by atoms with Gasteiger partial charge in [0, 0.05) is 19.2 Å². The smallest absolute Gasteiger partial charge is 0.225 e. The molecular formula is C26H38N2O4. The largest absolute Gasteiger partial charge is 0.492 e. The van der Waals surface area contributed by atoms with E-state index in [4.69, 9.17) is 14.2 Å². The van der Waals surface area contributed by atoms with Crippen molar-refractivity contribution in [2.75, 3.05) is 39.5 Å². The van der Waals surface area contributed by atoms with Crippen LogP contribution in [0.25, 0.3) is 0 Å². The van der Waals surface area contributed by atoms with Crippen LogP contribution in [0.3, 0.4) is 0 Å². The lowest BCUT2D eigenvalue weighted by Gasteiger charge is -2.42. The first-order valence-electron chi connectivity index (χ1n) is 12.7. The summed E-state index contributed by atoms with van der Waals surface area (Å²) in [5.74, 6) is 1.76. The Balaban J connectivity index is 1.30. The van der Waals surface area contributed by atoms with E-state index < -0.39 is 0 Å². The van der Waals surface area contributed by atoms with Gasteiger partial charge in [0.25, 0.3) is 0 Å². The molecule has 5 aliphatic rings. The van der Waals surface area contributed by atoms with Crippen molar-refractivity contribution in [1.29, 1.82) is 0 Å². The molecule has 1 aromatic carbocycles. The Labute approximate surface area is 192 Å². The first-order chi connectivity index (χ1) is 15.8. The molecule has 1 aliphatic carbocycles. The number of carbonyl (C=O) groups is 1. The minimum Gasteiger partial charge on any atom is -0.492 e. The lowest BCUT2D eigenvalue weighted by molar-refractivity contribution is -0.131. The Kier molecular flexibility index (Phi) is 7.30.